The number of H-pyrrole nitrogens is 2. The van der Waals surface area contributed by atoms with E-state index in [1.807, 2.05) is 0 Å². The zero-order chi connectivity index (χ0) is 34.2. The molecule has 2 aromatic heterocycles. The highest BCUT2D eigenvalue weighted by atomic mass is 35.5. The minimum atomic E-state index is -4.18. The van der Waals surface area contributed by atoms with Crippen LogP contribution in [0.4, 0.5) is 0 Å². The number of carbonyl (C=O) groups is 1. The largest absolute Gasteiger partial charge is 0.351 e. The van der Waals surface area contributed by atoms with Crippen molar-refractivity contribution in [3.8, 4) is 0 Å². The molecule has 0 aliphatic rings. The van der Waals surface area contributed by atoms with Gasteiger partial charge in [0.05, 0.1) is 11.5 Å². The van der Waals surface area contributed by atoms with E-state index in [0.29, 0.717) is 21.1 Å². The molecule has 0 saturated heterocycles. The average Bonchev–Trinajstić information content (AvgIpc) is 3.62. The van der Waals surface area contributed by atoms with Gasteiger partial charge in [0, 0.05) is 41.9 Å². The van der Waals surface area contributed by atoms with Gasteiger partial charge >= 0.3 is 0 Å². The highest BCUT2D eigenvalue weighted by Crippen LogP contribution is 2.36. The Balaban J connectivity index is 1.45. The number of aromatic nitrogens is 2. The second-order valence-corrected chi connectivity index (χ2v) is 16.5. The van der Waals surface area contributed by atoms with Crippen molar-refractivity contribution >= 4 is 106 Å². The van der Waals surface area contributed by atoms with Gasteiger partial charge in [0.15, 0.2) is 19.7 Å². The molecule has 2 N–H and O–H groups in total. The van der Waals surface area contributed by atoms with Gasteiger partial charge in [-0.15, -0.1) is 0 Å². The van der Waals surface area contributed by atoms with Crippen molar-refractivity contribution in [2.75, 3.05) is 11.5 Å². The summed E-state index contributed by atoms with van der Waals surface area (Å²) >= 11 is 24.5. The van der Waals surface area contributed by atoms with Crippen molar-refractivity contribution in [3.05, 3.63) is 140 Å². The number of sulfone groups is 2. The fraction of sp³-hybridized carbons (Fsp3) is 0.0571. The first kappa shape index (κ1) is 34.0. The maximum atomic E-state index is 14.4. The van der Waals surface area contributed by atoms with Crippen molar-refractivity contribution in [1.82, 2.24) is 9.97 Å². The first-order chi connectivity index (χ1) is 22.8. The quantitative estimate of drug-likeness (QED) is 0.135. The summed E-state index contributed by atoms with van der Waals surface area (Å²) in [6.07, 6.45) is 6.18. The summed E-state index contributed by atoms with van der Waals surface area (Å²) in [5.74, 6) is -1.79. The van der Waals surface area contributed by atoms with Crippen LogP contribution in [0, 0.1) is 0 Å². The number of hydrogen-bond acceptors (Lipinski definition) is 5. The van der Waals surface area contributed by atoms with Gasteiger partial charge in [0.1, 0.15) is 21.2 Å². The Kier molecular flexibility index (Phi) is 9.64. The van der Waals surface area contributed by atoms with E-state index in [1.165, 1.54) is 24.3 Å². The lowest BCUT2D eigenvalue weighted by Gasteiger charge is -2.07. The van der Waals surface area contributed by atoms with Crippen molar-refractivity contribution in [3.63, 3.8) is 0 Å². The molecule has 0 aliphatic heterocycles. The molecule has 0 bridgehead atoms. The number of nitrogens with one attached hydrogen (secondary N) is 2. The molecule has 0 atom stereocenters. The van der Waals surface area contributed by atoms with E-state index < -0.39 is 37.0 Å². The van der Waals surface area contributed by atoms with Crippen molar-refractivity contribution in [2.24, 2.45) is 0 Å². The summed E-state index contributed by atoms with van der Waals surface area (Å²) in [6.45, 7) is 0. The van der Waals surface area contributed by atoms with Gasteiger partial charge in [0.2, 0.25) is 5.78 Å². The lowest BCUT2D eigenvalue weighted by atomic mass is 10.2. The number of fused-ring (bicyclic) bond motifs is 2. The molecule has 0 saturated carbocycles. The van der Waals surface area contributed by atoms with E-state index in [9.17, 15) is 21.6 Å². The maximum Gasteiger partial charge on any atom is 0.228 e. The average molecular weight is 759 g/mol. The van der Waals surface area contributed by atoms with Crippen LogP contribution in [0.15, 0.2) is 107 Å². The smallest absolute Gasteiger partial charge is 0.228 e. The van der Waals surface area contributed by atoms with Gasteiger partial charge in [-0.1, -0.05) is 95.0 Å². The van der Waals surface area contributed by atoms with E-state index in [2.05, 4.69) is 9.97 Å². The van der Waals surface area contributed by atoms with Crippen LogP contribution in [-0.2, 0) is 19.7 Å². The summed E-state index contributed by atoms with van der Waals surface area (Å²) in [5, 5.41) is 1.98. The highest BCUT2D eigenvalue weighted by Gasteiger charge is 2.33. The number of carbonyl (C=O) groups excluding carboxylic acids is 1. The first-order valence-corrected chi connectivity index (χ1v) is 19.1. The van der Waals surface area contributed by atoms with Crippen LogP contribution in [0.1, 0.15) is 27.3 Å². The predicted octanol–water partition coefficient (Wildman–Crippen LogP) is 9.47. The van der Waals surface area contributed by atoms with Gasteiger partial charge in [-0.3, -0.25) is 4.79 Å². The molecule has 0 amide bonds. The third-order valence-corrected chi connectivity index (χ3v) is 11.8. The molecule has 0 radical (unpaired) electrons. The zero-order valence-electron chi connectivity index (χ0n) is 24.7. The Morgan fingerprint density at radius 2 is 0.896 bits per heavy atom. The number of ketones is 1. The third-order valence-electron chi connectivity index (χ3n) is 7.49. The molecule has 244 valence electrons. The number of benzene rings is 4. The standard InChI is InChI=1S/C35H24Cl4N2O5S2/c36-23-9-5-21(6-10-23)3-1-17-47(43,44)34-27-19-25(38)13-15-29(27)40-31(34)33(42)32-35(28-20-26(39)14-16-30(28)41-32)48(45,46)18-2-4-22-7-11-24(37)12-8-22/h1-16,19-20,40-41H,17-18H2. The summed E-state index contributed by atoms with van der Waals surface area (Å²) in [7, 11) is -8.37. The summed E-state index contributed by atoms with van der Waals surface area (Å²) < 4.78 is 55.9. The summed E-state index contributed by atoms with van der Waals surface area (Å²) in [5.41, 5.74) is 1.50. The molecule has 0 unspecified atom stereocenters. The normalized spacial score (nSPS) is 12.6. The van der Waals surface area contributed by atoms with Crippen LogP contribution in [-0.4, -0.2) is 44.1 Å². The monoisotopic (exact) mass is 756 g/mol. The van der Waals surface area contributed by atoms with E-state index >= 15 is 0 Å². The predicted molar refractivity (Wildman–Crippen MR) is 195 cm³/mol. The summed E-state index contributed by atoms with van der Waals surface area (Å²) in [4.78, 5) is 19.7. The fourth-order valence-corrected chi connectivity index (χ4v) is 8.85. The Labute approximate surface area is 296 Å². The van der Waals surface area contributed by atoms with Crippen molar-refractivity contribution in [2.45, 2.75) is 9.79 Å². The Hall–Kier alpha value is -3.83. The second-order valence-electron chi connectivity index (χ2n) is 10.8. The maximum absolute atomic E-state index is 14.4. The van der Waals surface area contributed by atoms with Crippen LogP contribution in [0.2, 0.25) is 20.1 Å². The summed E-state index contributed by atoms with van der Waals surface area (Å²) in [6, 6.07) is 22.8. The van der Waals surface area contributed by atoms with Crippen LogP contribution >= 0.6 is 46.4 Å². The van der Waals surface area contributed by atoms with Crippen LogP contribution in [0.5, 0.6) is 0 Å². The van der Waals surface area contributed by atoms with Gasteiger partial charge in [0.25, 0.3) is 0 Å². The molecule has 0 spiro atoms. The van der Waals surface area contributed by atoms with Crippen molar-refractivity contribution in [1.29, 1.82) is 0 Å². The molecular weight excluding hydrogens is 734 g/mol. The molecule has 13 heteroatoms. The number of rotatable bonds is 10. The molecular formula is C35H24Cl4N2O5S2. The molecule has 6 rings (SSSR count). The third kappa shape index (κ3) is 7.12. The Morgan fingerprint density at radius 3 is 1.27 bits per heavy atom. The van der Waals surface area contributed by atoms with Crippen LogP contribution < -0.4 is 0 Å². The molecule has 7 nitrogen and oxygen atoms in total. The van der Waals surface area contributed by atoms with Crippen molar-refractivity contribution < 1.29 is 21.6 Å². The van der Waals surface area contributed by atoms with E-state index in [1.54, 1.807) is 84.9 Å². The SMILES string of the molecule is O=C(c1[nH]c2ccc(Cl)cc2c1S(=O)(=O)CC=Cc1ccc(Cl)cc1)c1[nH]c2ccc(Cl)cc2c1S(=O)(=O)CC=Cc1ccc(Cl)cc1. The van der Waals surface area contributed by atoms with Gasteiger partial charge in [-0.25, -0.2) is 16.8 Å². The van der Waals surface area contributed by atoms with Gasteiger partial charge in [-0.2, -0.15) is 0 Å². The Bertz CT molecular complexity index is 2310. The fourth-order valence-electron chi connectivity index (χ4n) is 5.31. The highest BCUT2D eigenvalue weighted by molar-refractivity contribution is 7.92. The van der Waals surface area contributed by atoms with Crippen LogP contribution in [0.3, 0.4) is 0 Å². The van der Waals surface area contributed by atoms with E-state index in [-0.39, 0.29) is 42.0 Å². The van der Waals surface area contributed by atoms with Gasteiger partial charge in [-0.05, 0) is 71.8 Å². The molecule has 6 aromatic rings. The second kappa shape index (κ2) is 13.6. The topological polar surface area (TPSA) is 117 Å². The Morgan fingerprint density at radius 1 is 0.542 bits per heavy atom. The van der Waals surface area contributed by atoms with Crippen LogP contribution in [0.25, 0.3) is 34.0 Å². The van der Waals surface area contributed by atoms with E-state index in [4.69, 9.17) is 46.4 Å². The lowest BCUT2D eigenvalue weighted by molar-refractivity contribution is 0.102. The molecule has 4 aromatic carbocycles. The number of aromatic amines is 2. The van der Waals surface area contributed by atoms with E-state index in [0.717, 1.165) is 11.1 Å². The molecule has 0 fully saturated rings. The van der Waals surface area contributed by atoms with Gasteiger partial charge < -0.3 is 9.97 Å². The zero-order valence-corrected chi connectivity index (χ0v) is 29.3. The minimum absolute atomic E-state index is 0.195. The minimum Gasteiger partial charge on any atom is -0.351 e. The molecule has 48 heavy (non-hydrogen) atoms. The lowest BCUT2D eigenvalue weighted by Crippen LogP contribution is -2.15. The number of halogens is 4. The molecule has 0 aliphatic carbocycles. The molecule has 2 heterocycles. The first-order valence-electron chi connectivity index (χ1n) is 14.3. The number of hydrogen-bond donors (Lipinski definition) is 2.